The summed E-state index contributed by atoms with van der Waals surface area (Å²) < 4.78 is 33.9. The number of carbonyl (C=O) groups excluding carboxylic acids is 2. The van der Waals surface area contributed by atoms with Crippen LogP contribution in [0.5, 0.6) is 23.0 Å². The fraction of sp³-hybridized carbons (Fsp3) is 0.324. The van der Waals surface area contributed by atoms with Crippen LogP contribution in [-0.2, 0) is 16.1 Å². The van der Waals surface area contributed by atoms with E-state index in [1.54, 1.807) is 6.92 Å². The van der Waals surface area contributed by atoms with Crippen molar-refractivity contribution in [2.75, 3.05) is 38.2 Å². The van der Waals surface area contributed by atoms with Crippen molar-refractivity contribution in [2.45, 2.75) is 39.2 Å². The molecule has 0 radical (unpaired) electrons. The van der Waals surface area contributed by atoms with Crippen LogP contribution in [0.2, 0.25) is 0 Å². The summed E-state index contributed by atoms with van der Waals surface area (Å²) in [6.45, 7) is 5.71. The van der Waals surface area contributed by atoms with Gasteiger partial charge in [-0.25, -0.2) is 24.2 Å². The summed E-state index contributed by atoms with van der Waals surface area (Å²) in [7, 11) is 0. The predicted molar refractivity (Wildman–Crippen MR) is 171 cm³/mol. The van der Waals surface area contributed by atoms with E-state index in [9.17, 15) is 19.2 Å². The van der Waals surface area contributed by atoms with Crippen LogP contribution in [0.3, 0.4) is 0 Å². The van der Waals surface area contributed by atoms with Crippen molar-refractivity contribution in [2.24, 2.45) is 0 Å². The van der Waals surface area contributed by atoms with Gasteiger partial charge in [0.15, 0.2) is 22.9 Å². The Labute approximate surface area is 268 Å². The van der Waals surface area contributed by atoms with Crippen LogP contribution in [0.15, 0.2) is 73.0 Å². The molecule has 2 aliphatic heterocycles. The zero-order valence-electron chi connectivity index (χ0n) is 25.7. The Morgan fingerprint density at radius 3 is 2.38 bits per heavy atom. The molecule has 0 saturated carbocycles. The normalized spacial score (nSPS) is 15.6. The van der Waals surface area contributed by atoms with E-state index in [1.807, 2.05) is 12.1 Å². The molecule has 2 aromatic carbocycles. The molecule has 6 rings (SSSR count). The first-order chi connectivity index (χ1) is 22.9. The number of anilines is 1. The van der Waals surface area contributed by atoms with Gasteiger partial charge in [-0.3, -0.25) is 4.90 Å². The molecule has 2 aliphatic rings. The van der Waals surface area contributed by atoms with Gasteiger partial charge < -0.3 is 33.1 Å². The molecule has 0 unspecified atom stereocenters. The molecule has 2 bridgehead atoms. The Balaban J connectivity index is 1.31. The van der Waals surface area contributed by atoms with Gasteiger partial charge >= 0.3 is 23.2 Å². The summed E-state index contributed by atoms with van der Waals surface area (Å²) in [6.07, 6.45) is 6.10. The van der Waals surface area contributed by atoms with Crippen LogP contribution in [0, 0.1) is 0 Å². The van der Waals surface area contributed by atoms with E-state index in [0.717, 1.165) is 49.7 Å². The number of piperidine rings is 1. The molecule has 4 heterocycles. The molecular weight excluding hydrogens is 610 g/mol. The van der Waals surface area contributed by atoms with Crippen LogP contribution in [0.1, 0.15) is 38.2 Å². The summed E-state index contributed by atoms with van der Waals surface area (Å²) in [4.78, 5) is 57.1. The average molecular weight is 644 g/mol. The largest absolute Gasteiger partial charge is 0.494 e. The number of nitrogens with zero attached hydrogens (tertiary/aromatic N) is 2. The monoisotopic (exact) mass is 643 g/mol. The van der Waals surface area contributed by atoms with Crippen molar-refractivity contribution >= 4 is 39.8 Å². The van der Waals surface area contributed by atoms with Gasteiger partial charge in [-0.05, 0) is 57.0 Å². The molecule has 0 amide bonds. The quantitative estimate of drug-likeness (QED) is 0.146. The highest BCUT2D eigenvalue weighted by atomic mass is 16.6. The molecule has 244 valence electrons. The molecular formula is C34H33N3O10. The van der Waals surface area contributed by atoms with Crippen LogP contribution in [-0.4, -0.2) is 54.7 Å². The highest BCUT2D eigenvalue weighted by molar-refractivity contribution is 6.09. The van der Waals surface area contributed by atoms with E-state index in [-0.39, 0.29) is 51.7 Å². The molecule has 13 nitrogen and oxygen atoms in total. The van der Waals surface area contributed by atoms with E-state index in [1.165, 1.54) is 30.9 Å². The second kappa shape index (κ2) is 14.3. The smallest absolute Gasteiger partial charge is 0.336 e. The van der Waals surface area contributed by atoms with Gasteiger partial charge in [0.05, 0.1) is 24.1 Å². The van der Waals surface area contributed by atoms with Gasteiger partial charge in [0, 0.05) is 43.4 Å². The lowest BCUT2D eigenvalue weighted by Gasteiger charge is -2.26. The van der Waals surface area contributed by atoms with Crippen molar-refractivity contribution in [3.05, 3.63) is 81.0 Å². The Hall–Kier alpha value is -5.43. The first-order valence-electron chi connectivity index (χ1n) is 15.5. The summed E-state index contributed by atoms with van der Waals surface area (Å²) in [5, 5.41) is 3.24. The summed E-state index contributed by atoms with van der Waals surface area (Å²) in [5.41, 5.74) is -0.899. The molecule has 1 N–H and O–H groups in total. The third kappa shape index (κ3) is 7.52. The van der Waals surface area contributed by atoms with Crippen LogP contribution >= 0.6 is 0 Å². The zero-order valence-corrected chi connectivity index (χ0v) is 25.7. The van der Waals surface area contributed by atoms with Gasteiger partial charge in [-0.2, -0.15) is 0 Å². The van der Waals surface area contributed by atoms with Crippen molar-refractivity contribution in [3.63, 3.8) is 0 Å². The summed E-state index contributed by atoms with van der Waals surface area (Å²) >= 11 is 0. The van der Waals surface area contributed by atoms with E-state index < -0.39 is 23.2 Å². The van der Waals surface area contributed by atoms with Crippen LogP contribution in [0.25, 0.3) is 22.1 Å². The SMILES string of the molecule is CCOc1c2oc(=O)ccc(=O)oc3c4c(cc(nc2NCCCOc2cccc(CN5CCCCC5)c2)c13)OC(=O)/C=C\C(=O)O4. The Morgan fingerprint density at radius 1 is 0.872 bits per heavy atom. The van der Waals surface area contributed by atoms with E-state index in [0.29, 0.717) is 19.6 Å². The Kier molecular flexibility index (Phi) is 9.62. The number of pyridine rings is 1. The number of carbonyl (C=O) groups is 2. The zero-order chi connectivity index (χ0) is 32.8. The highest BCUT2D eigenvalue weighted by Gasteiger charge is 2.27. The molecule has 0 aliphatic carbocycles. The van der Waals surface area contributed by atoms with E-state index >= 15 is 0 Å². The molecule has 13 heteroatoms. The maximum absolute atomic E-state index is 12.7. The van der Waals surface area contributed by atoms with Crippen molar-refractivity contribution in [1.29, 1.82) is 0 Å². The maximum Gasteiger partial charge on any atom is 0.336 e. The van der Waals surface area contributed by atoms with Gasteiger partial charge in [-0.15, -0.1) is 0 Å². The second-order valence-electron chi connectivity index (χ2n) is 10.9. The Morgan fingerprint density at radius 2 is 1.62 bits per heavy atom. The predicted octanol–water partition coefficient (Wildman–Crippen LogP) is 4.50. The lowest BCUT2D eigenvalue weighted by molar-refractivity contribution is -0.133. The third-order valence-corrected chi connectivity index (χ3v) is 7.52. The van der Waals surface area contributed by atoms with E-state index in [2.05, 4.69) is 27.3 Å². The molecule has 47 heavy (non-hydrogen) atoms. The average Bonchev–Trinajstić information content (AvgIpc) is 3.05. The Bertz CT molecular complexity index is 1990. The van der Waals surface area contributed by atoms with Crippen molar-refractivity contribution < 1.29 is 37.4 Å². The number of esters is 2. The molecule has 4 aromatic rings. The number of aromatic nitrogens is 1. The standard InChI is InChI=1S/C34H33N3O10/c1-2-42-31-29-23-19-24-30(45-26(39)11-10-25(38)44-24)32(29)46-27(40)12-13-28(41)47-33(31)34(36-23)35-14-7-17-43-22-9-6-8-21(18-22)20-37-15-4-3-5-16-37/h6,8-13,18-19H,2-5,7,14-17,20H2,1H3,(H,35,36)/b11-10-,13-12?. The lowest BCUT2D eigenvalue weighted by atomic mass is 10.1. The van der Waals surface area contributed by atoms with E-state index in [4.69, 9.17) is 27.8 Å². The number of benzene rings is 2. The third-order valence-electron chi connectivity index (χ3n) is 7.52. The fourth-order valence-corrected chi connectivity index (χ4v) is 5.47. The number of ether oxygens (including phenoxy) is 4. The molecule has 1 fully saturated rings. The topological polar surface area (TPSA) is 160 Å². The maximum atomic E-state index is 12.7. The summed E-state index contributed by atoms with van der Waals surface area (Å²) in [6, 6.07) is 11.2. The molecule has 2 aromatic heterocycles. The van der Waals surface area contributed by atoms with Gasteiger partial charge in [-0.1, -0.05) is 18.6 Å². The number of fused-ring (bicyclic) bond motifs is 3. The molecule has 0 spiro atoms. The number of hydrogen-bond acceptors (Lipinski definition) is 13. The second-order valence-corrected chi connectivity index (χ2v) is 10.9. The first-order valence-corrected chi connectivity index (χ1v) is 15.5. The number of likely N-dealkylation sites (tertiary alicyclic amines) is 1. The van der Waals surface area contributed by atoms with Gasteiger partial charge in [0.1, 0.15) is 5.75 Å². The van der Waals surface area contributed by atoms with Crippen LogP contribution < -0.4 is 35.5 Å². The number of hydrogen-bond donors (Lipinski definition) is 1. The minimum atomic E-state index is -0.984. The minimum absolute atomic E-state index is 0.00371. The first kappa shape index (κ1) is 31.5. The molecule has 0 atom stereocenters. The van der Waals surface area contributed by atoms with Gasteiger partial charge in [0.2, 0.25) is 11.3 Å². The summed E-state index contributed by atoms with van der Waals surface area (Å²) in [5.74, 6) is -1.41. The highest BCUT2D eigenvalue weighted by Crippen LogP contribution is 2.45. The van der Waals surface area contributed by atoms with Crippen molar-refractivity contribution in [3.8, 4) is 23.0 Å². The number of rotatable bonds is 10. The number of nitrogens with one attached hydrogen (secondary N) is 1. The van der Waals surface area contributed by atoms with Crippen molar-refractivity contribution in [1.82, 2.24) is 9.88 Å². The van der Waals surface area contributed by atoms with Crippen LogP contribution in [0.4, 0.5) is 5.82 Å². The fourth-order valence-electron chi connectivity index (χ4n) is 5.47. The molecule has 1 saturated heterocycles. The minimum Gasteiger partial charge on any atom is -0.494 e. The lowest BCUT2D eigenvalue weighted by Crippen LogP contribution is -2.29. The van der Waals surface area contributed by atoms with Gasteiger partial charge in [0.25, 0.3) is 0 Å².